The molecule has 4 nitrogen and oxygen atoms in total. The molecule has 0 saturated heterocycles. The molecule has 0 aliphatic rings. The first kappa shape index (κ1) is 11.1. The molecular formula is C10H17N3O. The molecule has 2 N–H and O–H groups in total. The van der Waals surface area contributed by atoms with E-state index in [0.29, 0.717) is 6.54 Å². The van der Waals surface area contributed by atoms with Gasteiger partial charge in [0.2, 0.25) is 0 Å². The van der Waals surface area contributed by atoms with Gasteiger partial charge in [-0.05, 0) is 24.9 Å². The highest BCUT2D eigenvalue weighted by Crippen LogP contribution is 1.99. The lowest BCUT2D eigenvalue weighted by Gasteiger charge is -2.01. The zero-order valence-corrected chi connectivity index (χ0v) is 8.57. The molecule has 0 amide bonds. The molecule has 78 valence electrons. The van der Waals surface area contributed by atoms with Crippen LogP contribution in [0.1, 0.15) is 17.8 Å². The smallest absolute Gasteiger partial charge is 0.128 e. The number of aromatic nitrogens is 2. The molecule has 0 atom stereocenters. The van der Waals surface area contributed by atoms with Gasteiger partial charge in [0.05, 0.1) is 0 Å². The molecule has 1 rings (SSSR count). The summed E-state index contributed by atoms with van der Waals surface area (Å²) in [4.78, 5) is 8.49. The third-order valence-electron chi connectivity index (χ3n) is 1.94. The second-order valence-corrected chi connectivity index (χ2v) is 3.14. The van der Waals surface area contributed by atoms with Crippen LogP contribution in [0.15, 0.2) is 12.4 Å². The topological polar surface area (TPSA) is 61.0 Å². The molecule has 0 radical (unpaired) electrons. The zero-order chi connectivity index (χ0) is 10.2. The standard InChI is InChI=1S/C10H17N3O/c1-14-6-2-3-10-12-7-9(4-5-11)8-13-10/h7-8H,2-6,11H2,1H3. The largest absolute Gasteiger partial charge is 0.385 e. The van der Waals surface area contributed by atoms with Crippen molar-refractivity contribution in [3.05, 3.63) is 23.8 Å². The second kappa shape index (κ2) is 6.45. The average Bonchev–Trinajstić information content (AvgIpc) is 2.21. The van der Waals surface area contributed by atoms with Crippen molar-refractivity contribution in [2.24, 2.45) is 5.73 Å². The molecule has 4 heteroatoms. The molecule has 0 fully saturated rings. The third kappa shape index (κ3) is 3.81. The van der Waals surface area contributed by atoms with Gasteiger partial charge in [0.25, 0.3) is 0 Å². The van der Waals surface area contributed by atoms with Crippen molar-refractivity contribution in [1.82, 2.24) is 9.97 Å². The quantitative estimate of drug-likeness (QED) is 0.674. The van der Waals surface area contributed by atoms with Crippen LogP contribution in [0, 0.1) is 0 Å². The highest BCUT2D eigenvalue weighted by Gasteiger charge is 1.97. The maximum atomic E-state index is 5.42. The Bertz CT molecular complexity index is 248. The summed E-state index contributed by atoms with van der Waals surface area (Å²) in [6.07, 6.45) is 6.38. The van der Waals surface area contributed by atoms with Crippen LogP contribution >= 0.6 is 0 Å². The lowest BCUT2D eigenvalue weighted by molar-refractivity contribution is 0.194. The average molecular weight is 195 g/mol. The molecule has 0 aliphatic carbocycles. The molecule has 0 bridgehead atoms. The molecule has 0 unspecified atom stereocenters. The maximum Gasteiger partial charge on any atom is 0.128 e. The van der Waals surface area contributed by atoms with Crippen LogP contribution in [-0.2, 0) is 17.6 Å². The number of rotatable bonds is 6. The van der Waals surface area contributed by atoms with Gasteiger partial charge in [-0.2, -0.15) is 0 Å². The molecule has 0 spiro atoms. The minimum atomic E-state index is 0.645. The number of methoxy groups -OCH3 is 1. The number of aryl methyl sites for hydroxylation is 1. The van der Waals surface area contributed by atoms with Crippen molar-refractivity contribution >= 4 is 0 Å². The van der Waals surface area contributed by atoms with Gasteiger partial charge >= 0.3 is 0 Å². The van der Waals surface area contributed by atoms with Crippen LogP contribution in [0.3, 0.4) is 0 Å². The Morgan fingerprint density at radius 3 is 2.57 bits per heavy atom. The van der Waals surface area contributed by atoms with Crippen molar-refractivity contribution in [3.8, 4) is 0 Å². The number of ether oxygens (including phenoxy) is 1. The molecule has 0 saturated carbocycles. The summed E-state index contributed by atoms with van der Waals surface area (Å²) in [5.41, 5.74) is 6.52. The van der Waals surface area contributed by atoms with Gasteiger partial charge in [0.15, 0.2) is 0 Å². The first-order valence-electron chi connectivity index (χ1n) is 4.85. The lowest BCUT2D eigenvalue weighted by Crippen LogP contribution is -2.05. The first-order valence-corrected chi connectivity index (χ1v) is 4.85. The van der Waals surface area contributed by atoms with E-state index in [4.69, 9.17) is 10.5 Å². The van der Waals surface area contributed by atoms with Crippen LogP contribution in [0.2, 0.25) is 0 Å². The molecule has 1 aromatic rings. The summed E-state index contributed by atoms with van der Waals surface area (Å²) in [5.74, 6) is 0.878. The Morgan fingerprint density at radius 2 is 2.00 bits per heavy atom. The van der Waals surface area contributed by atoms with Gasteiger partial charge in [-0.1, -0.05) is 0 Å². The Morgan fingerprint density at radius 1 is 1.29 bits per heavy atom. The Hall–Kier alpha value is -1.00. The SMILES string of the molecule is COCCCc1ncc(CCN)cn1. The van der Waals surface area contributed by atoms with E-state index in [2.05, 4.69) is 9.97 Å². The fourth-order valence-corrected chi connectivity index (χ4v) is 1.18. The van der Waals surface area contributed by atoms with Crippen molar-refractivity contribution in [2.75, 3.05) is 20.3 Å². The number of nitrogens with zero attached hydrogens (tertiary/aromatic N) is 2. The van der Waals surface area contributed by atoms with Crippen LogP contribution in [0.25, 0.3) is 0 Å². The highest BCUT2D eigenvalue weighted by molar-refractivity contribution is 5.05. The van der Waals surface area contributed by atoms with Crippen LogP contribution < -0.4 is 5.73 Å². The fourth-order valence-electron chi connectivity index (χ4n) is 1.18. The highest BCUT2D eigenvalue weighted by atomic mass is 16.5. The molecule has 14 heavy (non-hydrogen) atoms. The maximum absolute atomic E-state index is 5.42. The monoisotopic (exact) mass is 195 g/mol. The zero-order valence-electron chi connectivity index (χ0n) is 8.57. The van der Waals surface area contributed by atoms with Gasteiger partial charge in [-0.25, -0.2) is 9.97 Å². The molecular weight excluding hydrogens is 178 g/mol. The van der Waals surface area contributed by atoms with Crippen molar-refractivity contribution in [1.29, 1.82) is 0 Å². The number of hydrogen-bond donors (Lipinski definition) is 1. The van der Waals surface area contributed by atoms with Gasteiger partial charge in [0, 0.05) is 32.5 Å². The van der Waals surface area contributed by atoms with E-state index in [0.717, 1.165) is 37.3 Å². The van der Waals surface area contributed by atoms with E-state index in [1.165, 1.54) is 0 Å². The summed E-state index contributed by atoms with van der Waals surface area (Å²) in [7, 11) is 1.70. The van der Waals surface area contributed by atoms with Crippen molar-refractivity contribution in [2.45, 2.75) is 19.3 Å². The van der Waals surface area contributed by atoms with Crippen LogP contribution in [0.5, 0.6) is 0 Å². The minimum absolute atomic E-state index is 0.645. The summed E-state index contributed by atoms with van der Waals surface area (Å²) in [5, 5.41) is 0. The predicted octanol–water partition coefficient (Wildman–Crippen LogP) is 0.557. The lowest BCUT2D eigenvalue weighted by atomic mass is 10.2. The molecule has 0 aromatic carbocycles. The van der Waals surface area contributed by atoms with Crippen molar-refractivity contribution < 1.29 is 4.74 Å². The minimum Gasteiger partial charge on any atom is -0.385 e. The Labute approximate surface area is 84.5 Å². The molecule has 1 heterocycles. The fraction of sp³-hybridized carbons (Fsp3) is 0.600. The molecule has 0 aliphatic heterocycles. The van der Waals surface area contributed by atoms with Crippen LogP contribution in [0.4, 0.5) is 0 Å². The van der Waals surface area contributed by atoms with Gasteiger partial charge in [-0.3, -0.25) is 0 Å². The van der Waals surface area contributed by atoms with Gasteiger partial charge in [-0.15, -0.1) is 0 Å². The summed E-state index contributed by atoms with van der Waals surface area (Å²) in [6, 6.07) is 0. The third-order valence-corrected chi connectivity index (χ3v) is 1.94. The molecule has 1 aromatic heterocycles. The predicted molar refractivity (Wildman–Crippen MR) is 55.0 cm³/mol. The number of hydrogen-bond acceptors (Lipinski definition) is 4. The normalized spacial score (nSPS) is 10.4. The Kier molecular flexibility index (Phi) is 5.11. The second-order valence-electron chi connectivity index (χ2n) is 3.14. The van der Waals surface area contributed by atoms with E-state index in [1.807, 2.05) is 12.4 Å². The summed E-state index contributed by atoms with van der Waals surface area (Å²) in [6.45, 7) is 1.40. The van der Waals surface area contributed by atoms with E-state index in [-0.39, 0.29) is 0 Å². The van der Waals surface area contributed by atoms with Crippen molar-refractivity contribution in [3.63, 3.8) is 0 Å². The van der Waals surface area contributed by atoms with Gasteiger partial charge in [0.1, 0.15) is 5.82 Å². The van der Waals surface area contributed by atoms with E-state index >= 15 is 0 Å². The van der Waals surface area contributed by atoms with E-state index in [9.17, 15) is 0 Å². The number of nitrogens with two attached hydrogens (primary N) is 1. The Balaban J connectivity index is 2.38. The van der Waals surface area contributed by atoms with E-state index in [1.54, 1.807) is 7.11 Å². The first-order chi connectivity index (χ1) is 6.86. The van der Waals surface area contributed by atoms with Gasteiger partial charge < -0.3 is 10.5 Å². The van der Waals surface area contributed by atoms with E-state index < -0.39 is 0 Å². The van der Waals surface area contributed by atoms with Crippen LogP contribution in [-0.4, -0.2) is 30.2 Å². The summed E-state index contributed by atoms with van der Waals surface area (Å²) < 4.78 is 4.95. The summed E-state index contributed by atoms with van der Waals surface area (Å²) >= 11 is 0.